The smallest absolute Gasteiger partial charge is 0.196 e. The van der Waals surface area contributed by atoms with Gasteiger partial charge in [0, 0.05) is 24.1 Å². The molecular weight excluding hydrogens is 232 g/mol. The summed E-state index contributed by atoms with van der Waals surface area (Å²) in [6, 6.07) is 4.89. The fraction of sp³-hybridized carbons (Fsp3) is 0.357. The van der Waals surface area contributed by atoms with Gasteiger partial charge in [0.25, 0.3) is 0 Å². The predicted molar refractivity (Wildman–Crippen MR) is 69.7 cm³/mol. The second kappa shape index (κ2) is 4.72. The van der Waals surface area contributed by atoms with Crippen LogP contribution in [0.3, 0.4) is 0 Å². The van der Waals surface area contributed by atoms with Crippen molar-refractivity contribution in [2.75, 3.05) is 14.2 Å². The third-order valence-corrected chi connectivity index (χ3v) is 2.81. The molecule has 0 aliphatic heterocycles. The van der Waals surface area contributed by atoms with Crippen LogP contribution in [0.2, 0.25) is 0 Å². The third-order valence-electron chi connectivity index (χ3n) is 2.81. The molecule has 2 aromatic rings. The zero-order valence-electron chi connectivity index (χ0n) is 10.9. The van der Waals surface area contributed by atoms with Gasteiger partial charge in [-0.2, -0.15) is 0 Å². The van der Waals surface area contributed by atoms with E-state index in [0.717, 1.165) is 0 Å². The second-order valence-corrected chi connectivity index (χ2v) is 4.37. The van der Waals surface area contributed by atoms with Gasteiger partial charge >= 0.3 is 0 Å². The molecule has 1 aromatic carbocycles. The Balaban J connectivity index is 2.82. The highest BCUT2D eigenvalue weighted by Gasteiger charge is 2.13. The molecule has 0 radical (unpaired) electrons. The van der Waals surface area contributed by atoms with Crippen LogP contribution in [-0.2, 0) is 0 Å². The van der Waals surface area contributed by atoms with Crippen molar-refractivity contribution in [3.63, 3.8) is 0 Å². The molecule has 0 aliphatic rings. The van der Waals surface area contributed by atoms with Crippen LogP contribution < -0.4 is 14.9 Å². The highest BCUT2D eigenvalue weighted by Crippen LogP contribution is 2.30. The Hall–Kier alpha value is -1.97. The van der Waals surface area contributed by atoms with Gasteiger partial charge in [0.2, 0.25) is 0 Å². The van der Waals surface area contributed by atoms with Crippen LogP contribution in [0.15, 0.2) is 27.4 Å². The van der Waals surface area contributed by atoms with E-state index in [1.165, 1.54) is 13.2 Å². The van der Waals surface area contributed by atoms with E-state index in [4.69, 9.17) is 13.9 Å². The molecule has 4 nitrogen and oxygen atoms in total. The molecule has 0 fully saturated rings. The Labute approximate surface area is 105 Å². The van der Waals surface area contributed by atoms with Crippen molar-refractivity contribution >= 4 is 11.0 Å². The lowest BCUT2D eigenvalue weighted by atomic mass is 10.1. The Morgan fingerprint density at radius 3 is 2.39 bits per heavy atom. The molecule has 0 saturated heterocycles. The number of ether oxygens (including phenoxy) is 2. The lowest BCUT2D eigenvalue weighted by Crippen LogP contribution is -2.05. The number of hydrogen-bond acceptors (Lipinski definition) is 4. The van der Waals surface area contributed by atoms with Crippen molar-refractivity contribution < 1.29 is 13.9 Å². The number of hydrogen-bond donors (Lipinski definition) is 0. The number of methoxy groups -OCH3 is 2. The van der Waals surface area contributed by atoms with E-state index in [1.807, 2.05) is 13.8 Å². The first-order valence-electron chi connectivity index (χ1n) is 5.76. The van der Waals surface area contributed by atoms with Crippen molar-refractivity contribution in [3.05, 3.63) is 34.2 Å². The van der Waals surface area contributed by atoms with Crippen molar-refractivity contribution in [2.45, 2.75) is 19.8 Å². The maximum absolute atomic E-state index is 12.1. The fourth-order valence-corrected chi connectivity index (χ4v) is 1.81. The van der Waals surface area contributed by atoms with E-state index < -0.39 is 0 Å². The summed E-state index contributed by atoms with van der Waals surface area (Å²) in [5.74, 6) is 1.87. The van der Waals surface area contributed by atoms with Gasteiger partial charge in [-0.3, -0.25) is 4.79 Å². The summed E-state index contributed by atoms with van der Waals surface area (Å²) >= 11 is 0. The van der Waals surface area contributed by atoms with Crippen LogP contribution in [0, 0.1) is 0 Å². The Morgan fingerprint density at radius 1 is 1.11 bits per heavy atom. The van der Waals surface area contributed by atoms with Gasteiger partial charge in [-0.15, -0.1) is 0 Å². The number of rotatable bonds is 3. The molecule has 0 N–H and O–H groups in total. The first-order valence-corrected chi connectivity index (χ1v) is 5.76. The predicted octanol–water partition coefficient (Wildman–Crippen LogP) is 2.93. The van der Waals surface area contributed by atoms with Gasteiger partial charge in [-0.1, -0.05) is 13.8 Å². The molecule has 0 unspecified atom stereocenters. The van der Waals surface area contributed by atoms with E-state index >= 15 is 0 Å². The molecule has 0 saturated carbocycles. The van der Waals surface area contributed by atoms with Crippen LogP contribution in [0.4, 0.5) is 0 Å². The monoisotopic (exact) mass is 248 g/mol. The zero-order chi connectivity index (χ0) is 13.3. The molecule has 0 bridgehead atoms. The number of fused-ring (bicyclic) bond motifs is 1. The Morgan fingerprint density at radius 2 is 1.83 bits per heavy atom. The molecule has 1 heterocycles. The Kier molecular flexibility index (Phi) is 3.28. The molecule has 1 aromatic heterocycles. The van der Waals surface area contributed by atoms with E-state index in [2.05, 4.69) is 0 Å². The summed E-state index contributed by atoms with van der Waals surface area (Å²) in [5, 5.41) is 0.447. The van der Waals surface area contributed by atoms with Crippen molar-refractivity contribution in [2.24, 2.45) is 0 Å². The van der Waals surface area contributed by atoms with Crippen LogP contribution in [-0.4, -0.2) is 14.2 Å². The number of benzene rings is 1. The van der Waals surface area contributed by atoms with Crippen molar-refractivity contribution in [1.82, 2.24) is 0 Å². The van der Waals surface area contributed by atoms with Crippen LogP contribution >= 0.6 is 0 Å². The first kappa shape index (κ1) is 12.5. The quantitative estimate of drug-likeness (QED) is 0.838. The van der Waals surface area contributed by atoms with Gasteiger partial charge < -0.3 is 13.9 Å². The summed E-state index contributed by atoms with van der Waals surface area (Å²) in [7, 11) is 3.08. The maximum atomic E-state index is 12.1. The topological polar surface area (TPSA) is 48.7 Å². The molecule has 96 valence electrons. The molecule has 0 amide bonds. The molecule has 18 heavy (non-hydrogen) atoms. The minimum atomic E-state index is -0.0977. The minimum Gasteiger partial charge on any atom is -0.496 e. The highest BCUT2D eigenvalue weighted by atomic mass is 16.5. The van der Waals surface area contributed by atoms with Gasteiger partial charge in [-0.25, -0.2) is 0 Å². The largest absolute Gasteiger partial charge is 0.496 e. The van der Waals surface area contributed by atoms with E-state index in [9.17, 15) is 4.79 Å². The summed E-state index contributed by atoms with van der Waals surface area (Å²) in [5.41, 5.74) is 0.391. The zero-order valence-corrected chi connectivity index (χ0v) is 10.9. The van der Waals surface area contributed by atoms with Crippen LogP contribution in [0.25, 0.3) is 11.0 Å². The van der Waals surface area contributed by atoms with E-state index in [0.29, 0.717) is 28.2 Å². The molecule has 0 aliphatic carbocycles. The standard InChI is InChI=1S/C14H16O4/c1-8(2)11-7-10(15)14-12(17-4)5-9(16-3)6-13(14)18-11/h5-8H,1-4H3. The molecule has 2 rings (SSSR count). The lowest BCUT2D eigenvalue weighted by Gasteiger charge is -2.10. The average Bonchev–Trinajstić information content (AvgIpc) is 2.36. The van der Waals surface area contributed by atoms with Crippen LogP contribution in [0.1, 0.15) is 25.5 Å². The fourth-order valence-electron chi connectivity index (χ4n) is 1.81. The summed E-state index contributed by atoms with van der Waals surface area (Å²) in [6.45, 7) is 3.95. The van der Waals surface area contributed by atoms with Crippen LogP contribution in [0.5, 0.6) is 11.5 Å². The summed E-state index contributed by atoms with van der Waals surface area (Å²) in [4.78, 5) is 12.1. The Bertz CT molecular complexity index is 625. The van der Waals surface area contributed by atoms with Gasteiger partial charge in [0.1, 0.15) is 28.2 Å². The molecule has 4 heteroatoms. The minimum absolute atomic E-state index is 0.0977. The molecule has 0 spiro atoms. The third kappa shape index (κ3) is 2.06. The van der Waals surface area contributed by atoms with Gasteiger partial charge in [0.15, 0.2) is 5.43 Å². The second-order valence-electron chi connectivity index (χ2n) is 4.37. The lowest BCUT2D eigenvalue weighted by molar-refractivity contribution is 0.395. The average molecular weight is 248 g/mol. The SMILES string of the molecule is COc1cc(OC)c2c(=O)cc(C(C)C)oc2c1. The molecule has 0 atom stereocenters. The maximum Gasteiger partial charge on any atom is 0.196 e. The summed E-state index contributed by atoms with van der Waals surface area (Å²) in [6.07, 6.45) is 0. The highest BCUT2D eigenvalue weighted by molar-refractivity contribution is 5.85. The van der Waals surface area contributed by atoms with Gasteiger partial charge in [-0.05, 0) is 0 Å². The van der Waals surface area contributed by atoms with Gasteiger partial charge in [0.05, 0.1) is 14.2 Å². The van der Waals surface area contributed by atoms with E-state index in [-0.39, 0.29) is 11.3 Å². The summed E-state index contributed by atoms with van der Waals surface area (Å²) < 4.78 is 16.1. The van der Waals surface area contributed by atoms with E-state index in [1.54, 1.807) is 19.2 Å². The normalized spacial score (nSPS) is 10.9. The van der Waals surface area contributed by atoms with Crippen molar-refractivity contribution in [3.8, 4) is 11.5 Å². The first-order chi connectivity index (χ1) is 8.56. The molecular formula is C14H16O4. The van der Waals surface area contributed by atoms with Crippen molar-refractivity contribution in [1.29, 1.82) is 0 Å².